The first-order chi connectivity index (χ1) is 9.74. The molecule has 3 aromatic rings. The smallest absolute Gasteiger partial charge is 0.0761 e. The molecule has 3 nitrogen and oxygen atoms in total. The van der Waals surface area contributed by atoms with Crippen LogP contribution in [0.25, 0.3) is 16.8 Å². The summed E-state index contributed by atoms with van der Waals surface area (Å²) in [5.74, 6) is 0. The fourth-order valence-corrected chi connectivity index (χ4v) is 2.20. The third kappa shape index (κ3) is 2.49. The van der Waals surface area contributed by atoms with E-state index in [1.807, 2.05) is 53.3 Å². The lowest BCUT2D eigenvalue weighted by molar-refractivity contribution is 0.199. The highest BCUT2D eigenvalue weighted by molar-refractivity contribution is 5.66. The van der Waals surface area contributed by atoms with E-state index in [0.717, 1.165) is 22.4 Å². The van der Waals surface area contributed by atoms with E-state index >= 15 is 0 Å². The van der Waals surface area contributed by atoms with Crippen LogP contribution in [0.2, 0.25) is 0 Å². The number of hydrogen-bond acceptors (Lipinski definition) is 2. The Morgan fingerprint density at radius 1 is 1.00 bits per heavy atom. The molecule has 0 radical (unpaired) electrons. The second-order valence-electron chi connectivity index (χ2n) is 4.80. The number of aliphatic hydroxyl groups excluding tert-OH is 1. The van der Waals surface area contributed by atoms with Crippen molar-refractivity contribution in [3.8, 4) is 16.8 Å². The quantitative estimate of drug-likeness (QED) is 0.785. The van der Waals surface area contributed by atoms with Gasteiger partial charge >= 0.3 is 0 Å². The van der Waals surface area contributed by atoms with E-state index in [4.69, 9.17) is 0 Å². The fourth-order valence-electron chi connectivity index (χ4n) is 2.20. The van der Waals surface area contributed by atoms with Crippen molar-refractivity contribution in [3.05, 3.63) is 72.6 Å². The van der Waals surface area contributed by atoms with E-state index in [1.165, 1.54) is 0 Å². The molecule has 0 aliphatic rings. The maximum Gasteiger partial charge on any atom is 0.0761 e. The van der Waals surface area contributed by atoms with Gasteiger partial charge in [-0.15, -0.1) is 0 Å². The number of aromatic nitrogens is 2. The molecule has 1 atom stereocenters. The molecule has 20 heavy (non-hydrogen) atoms. The second kappa shape index (κ2) is 5.31. The van der Waals surface area contributed by atoms with Crippen molar-refractivity contribution in [2.24, 2.45) is 0 Å². The maximum atomic E-state index is 9.54. The fraction of sp³-hybridized carbons (Fsp3) is 0.118. The number of nitrogens with zero attached hydrogens (tertiary/aromatic N) is 2. The standard InChI is InChI=1S/C17H16N2O/c1-13(20)14-6-8-15(9-7-14)16-4-2-5-17(12-16)19-11-3-10-18-19/h2-13,20H,1H3. The van der Waals surface area contributed by atoms with Crippen molar-refractivity contribution >= 4 is 0 Å². The Morgan fingerprint density at radius 3 is 2.45 bits per heavy atom. The lowest BCUT2D eigenvalue weighted by Crippen LogP contribution is -1.94. The highest BCUT2D eigenvalue weighted by Crippen LogP contribution is 2.23. The zero-order chi connectivity index (χ0) is 13.9. The van der Waals surface area contributed by atoms with Crippen LogP contribution < -0.4 is 0 Å². The van der Waals surface area contributed by atoms with Crippen LogP contribution in [0.5, 0.6) is 0 Å². The van der Waals surface area contributed by atoms with E-state index in [2.05, 4.69) is 17.2 Å². The number of rotatable bonds is 3. The third-order valence-electron chi connectivity index (χ3n) is 3.34. The molecule has 1 unspecified atom stereocenters. The Bertz CT molecular complexity index is 685. The number of hydrogen-bond donors (Lipinski definition) is 1. The van der Waals surface area contributed by atoms with Gasteiger partial charge in [0.25, 0.3) is 0 Å². The molecule has 0 aliphatic carbocycles. The van der Waals surface area contributed by atoms with Crippen LogP contribution in [0.15, 0.2) is 67.0 Å². The normalized spacial score (nSPS) is 12.3. The van der Waals surface area contributed by atoms with Gasteiger partial charge in [-0.25, -0.2) is 4.68 Å². The Morgan fingerprint density at radius 2 is 1.80 bits per heavy atom. The summed E-state index contributed by atoms with van der Waals surface area (Å²) in [6.45, 7) is 1.77. The van der Waals surface area contributed by atoms with Gasteiger partial charge in [-0.1, -0.05) is 36.4 Å². The van der Waals surface area contributed by atoms with Crippen LogP contribution in [0.1, 0.15) is 18.6 Å². The van der Waals surface area contributed by atoms with Crippen molar-refractivity contribution < 1.29 is 5.11 Å². The third-order valence-corrected chi connectivity index (χ3v) is 3.34. The predicted octanol–water partition coefficient (Wildman–Crippen LogP) is 3.59. The minimum absolute atomic E-state index is 0.431. The van der Waals surface area contributed by atoms with Crippen LogP contribution >= 0.6 is 0 Å². The zero-order valence-corrected chi connectivity index (χ0v) is 11.3. The molecular formula is C17H16N2O. The van der Waals surface area contributed by atoms with Gasteiger partial charge in [0.1, 0.15) is 0 Å². The molecule has 0 bridgehead atoms. The maximum absolute atomic E-state index is 9.54. The largest absolute Gasteiger partial charge is 0.389 e. The summed E-state index contributed by atoms with van der Waals surface area (Å²) in [6.07, 6.45) is 3.26. The van der Waals surface area contributed by atoms with Crippen molar-refractivity contribution in [1.82, 2.24) is 9.78 Å². The molecule has 3 heteroatoms. The molecular weight excluding hydrogens is 248 g/mol. The Labute approximate surface area is 118 Å². The summed E-state index contributed by atoms with van der Waals surface area (Å²) in [5.41, 5.74) is 4.22. The van der Waals surface area contributed by atoms with Crippen LogP contribution in [-0.4, -0.2) is 14.9 Å². The molecule has 0 fully saturated rings. The van der Waals surface area contributed by atoms with Gasteiger partial charge < -0.3 is 5.11 Å². The van der Waals surface area contributed by atoms with Gasteiger partial charge in [0.05, 0.1) is 11.8 Å². The lowest BCUT2D eigenvalue weighted by Gasteiger charge is -2.08. The van der Waals surface area contributed by atoms with Crippen molar-refractivity contribution in [2.45, 2.75) is 13.0 Å². The first-order valence-corrected chi connectivity index (χ1v) is 6.62. The zero-order valence-electron chi connectivity index (χ0n) is 11.3. The summed E-state index contributed by atoms with van der Waals surface area (Å²) < 4.78 is 1.84. The van der Waals surface area contributed by atoms with Gasteiger partial charge in [-0.3, -0.25) is 0 Å². The van der Waals surface area contributed by atoms with E-state index in [0.29, 0.717) is 0 Å². The van der Waals surface area contributed by atoms with Gasteiger partial charge in [-0.05, 0) is 41.8 Å². The molecule has 1 N–H and O–H groups in total. The van der Waals surface area contributed by atoms with Crippen LogP contribution in [0.3, 0.4) is 0 Å². The van der Waals surface area contributed by atoms with Gasteiger partial charge in [0.15, 0.2) is 0 Å². The van der Waals surface area contributed by atoms with Crippen molar-refractivity contribution in [3.63, 3.8) is 0 Å². The van der Waals surface area contributed by atoms with E-state index < -0.39 is 6.10 Å². The second-order valence-corrected chi connectivity index (χ2v) is 4.80. The Balaban J connectivity index is 1.96. The minimum Gasteiger partial charge on any atom is -0.389 e. The summed E-state index contributed by atoms with van der Waals surface area (Å²) in [6, 6.07) is 18.1. The number of aliphatic hydroxyl groups is 1. The monoisotopic (exact) mass is 264 g/mol. The van der Waals surface area contributed by atoms with Gasteiger partial charge in [-0.2, -0.15) is 5.10 Å². The molecule has 0 aliphatic heterocycles. The Kier molecular flexibility index (Phi) is 3.35. The van der Waals surface area contributed by atoms with E-state index in [1.54, 1.807) is 13.1 Å². The molecule has 0 saturated carbocycles. The summed E-state index contributed by atoms with van der Waals surface area (Å²) in [5, 5.41) is 13.8. The molecule has 1 aromatic heterocycles. The summed E-state index contributed by atoms with van der Waals surface area (Å²) >= 11 is 0. The highest BCUT2D eigenvalue weighted by atomic mass is 16.3. The SMILES string of the molecule is CC(O)c1ccc(-c2cccc(-n3cccn3)c2)cc1. The predicted molar refractivity (Wildman–Crippen MR) is 79.6 cm³/mol. The number of benzene rings is 2. The topological polar surface area (TPSA) is 38.0 Å². The molecule has 0 spiro atoms. The molecule has 0 amide bonds. The highest BCUT2D eigenvalue weighted by Gasteiger charge is 2.03. The summed E-state index contributed by atoms with van der Waals surface area (Å²) in [4.78, 5) is 0. The van der Waals surface area contributed by atoms with Crippen molar-refractivity contribution in [1.29, 1.82) is 0 Å². The van der Waals surface area contributed by atoms with Crippen LogP contribution in [-0.2, 0) is 0 Å². The van der Waals surface area contributed by atoms with Gasteiger partial charge in [0.2, 0.25) is 0 Å². The van der Waals surface area contributed by atoms with E-state index in [9.17, 15) is 5.11 Å². The Hall–Kier alpha value is -2.39. The molecule has 1 heterocycles. The van der Waals surface area contributed by atoms with Crippen LogP contribution in [0, 0.1) is 0 Å². The molecule has 0 saturated heterocycles. The average molecular weight is 264 g/mol. The average Bonchev–Trinajstić information content (AvgIpc) is 3.02. The molecule has 3 rings (SSSR count). The van der Waals surface area contributed by atoms with E-state index in [-0.39, 0.29) is 0 Å². The first-order valence-electron chi connectivity index (χ1n) is 6.62. The first kappa shape index (κ1) is 12.6. The lowest BCUT2D eigenvalue weighted by atomic mass is 10.0. The minimum atomic E-state index is -0.431. The molecule has 100 valence electrons. The van der Waals surface area contributed by atoms with Gasteiger partial charge in [0, 0.05) is 12.4 Å². The summed E-state index contributed by atoms with van der Waals surface area (Å²) in [7, 11) is 0. The molecule has 2 aromatic carbocycles. The van der Waals surface area contributed by atoms with Crippen molar-refractivity contribution in [2.75, 3.05) is 0 Å². The van der Waals surface area contributed by atoms with Crippen LogP contribution in [0.4, 0.5) is 0 Å².